The van der Waals surface area contributed by atoms with Crippen LogP contribution < -0.4 is 5.32 Å². The normalized spacial score (nSPS) is 10.8. The van der Waals surface area contributed by atoms with E-state index in [1.54, 1.807) is 0 Å². The van der Waals surface area contributed by atoms with Crippen molar-refractivity contribution in [2.45, 2.75) is 13.3 Å². The van der Waals surface area contributed by atoms with Gasteiger partial charge >= 0.3 is 12.1 Å². The van der Waals surface area contributed by atoms with E-state index in [9.17, 15) is 9.59 Å². The summed E-state index contributed by atoms with van der Waals surface area (Å²) in [6.45, 7) is 1.67. The first kappa shape index (κ1) is 11.5. The van der Waals surface area contributed by atoms with E-state index in [4.69, 9.17) is 5.11 Å². The number of carboxylic acid groups (broad SMARTS) is 1. The molecular formula is C8H13NO4. The van der Waals surface area contributed by atoms with E-state index < -0.39 is 12.1 Å². The van der Waals surface area contributed by atoms with Gasteiger partial charge in [-0.05, 0) is 6.92 Å². The van der Waals surface area contributed by atoms with Gasteiger partial charge in [-0.1, -0.05) is 6.08 Å². The highest BCUT2D eigenvalue weighted by Crippen LogP contribution is 1.95. The lowest BCUT2D eigenvalue weighted by Gasteiger charge is -2.00. The van der Waals surface area contributed by atoms with E-state index in [0.29, 0.717) is 6.42 Å². The quantitative estimate of drug-likeness (QED) is 0.503. The Kier molecular flexibility index (Phi) is 5.34. The minimum atomic E-state index is -0.958. The first-order chi connectivity index (χ1) is 6.07. The van der Waals surface area contributed by atoms with Gasteiger partial charge in [-0.15, -0.1) is 0 Å². The number of aliphatic carboxylic acids is 1. The number of carbonyl (C=O) groups excluding carboxylic acids is 1. The number of carbonyl (C=O) groups is 2. The number of rotatable bonds is 4. The highest BCUT2D eigenvalue weighted by atomic mass is 16.5. The van der Waals surface area contributed by atoms with Crippen LogP contribution in [0.5, 0.6) is 0 Å². The molecule has 0 aromatic rings. The van der Waals surface area contributed by atoms with Crippen LogP contribution in [0.1, 0.15) is 13.3 Å². The highest BCUT2D eigenvalue weighted by Gasteiger charge is 1.99. The molecular weight excluding hydrogens is 174 g/mol. The Bertz CT molecular complexity index is 222. The molecule has 0 unspecified atom stereocenters. The second-order valence-corrected chi connectivity index (χ2v) is 2.37. The molecule has 0 aliphatic rings. The van der Waals surface area contributed by atoms with Gasteiger partial charge in [0.1, 0.15) is 0 Å². The number of ether oxygens (including phenoxy) is 1. The molecule has 0 fully saturated rings. The first-order valence-electron chi connectivity index (χ1n) is 3.82. The first-order valence-corrected chi connectivity index (χ1v) is 3.82. The van der Waals surface area contributed by atoms with Crippen molar-refractivity contribution in [1.29, 1.82) is 0 Å². The molecule has 0 radical (unpaired) electrons. The Balaban J connectivity index is 3.61. The minimum Gasteiger partial charge on any atom is -0.478 e. The second-order valence-electron chi connectivity index (χ2n) is 2.37. The number of amides is 1. The Labute approximate surface area is 76.4 Å². The fourth-order valence-electron chi connectivity index (χ4n) is 0.587. The van der Waals surface area contributed by atoms with Crippen molar-refractivity contribution in [1.82, 2.24) is 5.32 Å². The van der Waals surface area contributed by atoms with Crippen molar-refractivity contribution in [2.24, 2.45) is 0 Å². The molecule has 0 saturated heterocycles. The molecule has 0 aliphatic carbocycles. The Morgan fingerprint density at radius 3 is 2.62 bits per heavy atom. The van der Waals surface area contributed by atoms with Gasteiger partial charge in [-0.3, -0.25) is 0 Å². The molecule has 0 rings (SSSR count). The van der Waals surface area contributed by atoms with Crippen LogP contribution in [0.4, 0.5) is 4.79 Å². The third kappa shape index (κ3) is 5.72. The zero-order valence-electron chi connectivity index (χ0n) is 7.66. The van der Waals surface area contributed by atoms with E-state index in [1.807, 2.05) is 0 Å². The summed E-state index contributed by atoms with van der Waals surface area (Å²) < 4.78 is 4.63. The molecule has 0 bridgehead atoms. The van der Waals surface area contributed by atoms with E-state index in [2.05, 4.69) is 10.1 Å². The summed E-state index contributed by atoms with van der Waals surface area (Å²) >= 11 is 0. The summed E-state index contributed by atoms with van der Waals surface area (Å²) in [5, 5.41) is 10.7. The molecule has 0 atom stereocenters. The minimum absolute atomic E-state index is 0.185. The summed E-state index contributed by atoms with van der Waals surface area (Å²) in [4.78, 5) is 20.8. The van der Waals surface area contributed by atoms with Crippen LogP contribution in [0.2, 0.25) is 0 Å². The average Bonchev–Trinajstić information content (AvgIpc) is 2.11. The van der Waals surface area contributed by atoms with Crippen LogP contribution in [0, 0.1) is 0 Å². The summed E-state index contributed by atoms with van der Waals surface area (Å²) in [5.41, 5.74) is 0.250. The lowest BCUT2D eigenvalue weighted by Crippen LogP contribution is -2.19. The monoisotopic (exact) mass is 187 g/mol. The van der Waals surface area contributed by atoms with Gasteiger partial charge in [-0.25, -0.2) is 9.59 Å². The van der Waals surface area contributed by atoms with Crippen molar-refractivity contribution >= 4 is 12.1 Å². The number of carboxylic acids is 1. The molecule has 0 saturated carbocycles. The Hall–Kier alpha value is -1.52. The summed E-state index contributed by atoms with van der Waals surface area (Å²) in [6, 6.07) is 0. The van der Waals surface area contributed by atoms with Gasteiger partial charge in [0.2, 0.25) is 0 Å². The molecule has 74 valence electrons. The second kappa shape index (κ2) is 6.05. The maximum absolute atomic E-state index is 10.5. The smallest absolute Gasteiger partial charge is 0.406 e. The lowest BCUT2D eigenvalue weighted by molar-refractivity contribution is -0.132. The van der Waals surface area contributed by atoms with Gasteiger partial charge < -0.3 is 15.2 Å². The zero-order valence-corrected chi connectivity index (χ0v) is 7.66. The van der Waals surface area contributed by atoms with Crippen molar-refractivity contribution in [3.63, 3.8) is 0 Å². The zero-order chi connectivity index (χ0) is 10.3. The van der Waals surface area contributed by atoms with Gasteiger partial charge in [0.05, 0.1) is 6.61 Å². The van der Waals surface area contributed by atoms with E-state index in [1.165, 1.54) is 20.0 Å². The van der Waals surface area contributed by atoms with Gasteiger partial charge in [-0.2, -0.15) is 0 Å². The largest absolute Gasteiger partial charge is 0.478 e. The fraction of sp³-hybridized carbons (Fsp3) is 0.500. The van der Waals surface area contributed by atoms with Gasteiger partial charge in [0.15, 0.2) is 0 Å². The number of hydrogen-bond donors (Lipinski definition) is 2. The lowest BCUT2D eigenvalue weighted by atomic mass is 10.2. The van der Waals surface area contributed by atoms with E-state index >= 15 is 0 Å². The maximum atomic E-state index is 10.5. The molecule has 5 heteroatoms. The van der Waals surface area contributed by atoms with Crippen molar-refractivity contribution in [2.75, 3.05) is 13.7 Å². The summed E-state index contributed by atoms with van der Waals surface area (Å²) in [7, 11) is 1.46. The van der Waals surface area contributed by atoms with Crippen LogP contribution in [-0.2, 0) is 9.53 Å². The van der Waals surface area contributed by atoms with Crippen molar-refractivity contribution in [3.05, 3.63) is 11.6 Å². The van der Waals surface area contributed by atoms with Gasteiger partial charge in [0.25, 0.3) is 0 Å². The van der Waals surface area contributed by atoms with Crippen LogP contribution >= 0.6 is 0 Å². The molecule has 13 heavy (non-hydrogen) atoms. The van der Waals surface area contributed by atoms with E-state index in [-0.39, 0.29) is 12.2 Å². The summed E-state index contributed by atoms with van der Waals surface area (Å²) in [5.74, 6) is -0.958. The van der Waals surface area contributed by atoms with Gasteiger partial charge in [0, 0.05) is 19.0 Å². The molecule has 0 spiro atoms. The highest BCUT2D eigenvalue weighted by molar-refractivity contribution is 5.85. The predicted octanol–water partition coefficient (Wildman–Crippen LogP) is 0.763. The third-order valence-corrected chi connectivity index (χ3v) is 1.34. The van der Waals surface area contributed by atoms with Crippen molar-refractivity contribution in [3.8, 4) is 0 Å². The van der Waals surface area contributed by atoms with Crippen LogP contribution in [-0.4, -0.2) is 30.8 Å². The van der Waals surface area contributed by atoms with Crippen LogP contribution in [0.3, 0.4) is 0 Å². The van der Waals surface area contributed by atoms with Crippen molar-refractivity contribution < 1.29 is 19.4 Å². The van der Waals surface area contributed by atoms with E-state index in [0.717, 1.165) is 0 Å². The third-order valence-electron chi connectivity index (χ3n) is 1.34. The Morgan fingerprint density at radius 2 is 2.15 bits per heavy atom. The molecule has 0 aromatic heterocycles. The number of nitrogens with one attached hydrogen (secondary N) is 1. The standard InChI is InChI=1S/C8H13NO4/c1-6(7(10)11)4-3-5-13-8(12)9-2/h4H,3,5H2,1-2H3,(H,9,12)(H,10,11). The summed E-state index contributed by atoms with van der Waals surface area (Å²) in [6.07, 6.45) is 1.40. The maximum Gasteiger partial charge on any atom is 0.406 e. The number of hydrogen-bond acceptors (Lipinski definition) is 3. The fourth-order valence-corrected chi connectivity index (χ4v) is 0.587. The van der Waals surface area contributed by atoms with Crippen LogP contribution in [0.15, 0.2) is 11.6 Å². The Morgan fingerprint density at radius 1 is 1.54 bits per heavy atom. The number of alkyl carbamates (subject to hydrolysis) is 1. The molecule has 0 heterocycles. The predicted molar refractivity (Wildman–Crippen MR) is 46.4 cm³/mol. The molecule has 2 N–H and O–H groups in total. The molecule has 0 aliphatic heterocycles. The average molecular weight is 187 g/mol. The SMILES string of the molecule is CNC(=O)OCCC=C(C)C(=O)O. The van der Waals surface area contributed by atoms with Crippen LogP contribution in [0.25, 0.3) is 0 Å². The molecule has 0 aromatic carbocycles. The molecule has 1 amide bonds. The molecule has 5 nitrogen and oxygen atoms in total. The topological polar surface area (TPSA) is 75.6 Å².